The van der Waals surface area contributed by atoms with Gasteiger partial charge in [-0.2, -0.15) is 0 Å². The molecule has 2 atom stereocenters. The van der Waals surface area contributed by atoms with Crippen LogP contribution in [0.3, 0.4) is 0 Å². The van der Waals surface area contributed by atoms with Crippen LogP contribution in [0.4, 0.5) is 0 Å². The summed E-state index contributed by atoms with van der Waals surface area (Å²) < 4.78 is 5.24. The largest absolute Gasteiger partial charge is 0.496 e. The molecule has 1 fully saturated rings. The summed E-state index contributed by atoms with van der Waals surface area (Å²) >= 11 is 0. The number of methoxy groups -OCH3 is 1. The number of aliphatic hydroxyl groups excluding tert-OH is 2. The van der Waals surface area contributed by atoms with E-state index in [1.165, 1.54) is 0 Å². The Morgan fingerprint density at radius 3 is 2.35 bits per heavy atom. The predicted octanol–water partition coefficient (Wildman–Crippen LogP) is 2.12. The maximum absolute atomic E-state index is 10.2. The number of aliphatic hydroxyl groups is 2. The van der Waals surface area contributed by atoms with Gasteiger partial charge in [-0.1, -0.05) is 0 Å². The highest BCUT2D eigenvalue weighted by Gasteiger charge is 2.35. The van der Waals surface area contributed by atoms with Crippen molar-refractivity contribution in [1.29, 1.82) is 0 Å². The second-order valence-corrected chi connectivity index (χ2v) is 4.95. The van der Waals surface area contributed by atoms with Crippen LogP contribution in [0.5, 0.6) is 5.75 Å². The van der Waals surface area contributed by atoms with E-state index in [0.29, 0.717) is 0 Å². The zero-order chi connectivity index (χ0) is 12.6. The second-order valence-electron chi connectivity index (χ2n) is 4.95. The lowest BCUT2D eigenvalue weighted by molar-refractivity contribution is 0.00445. The van der Waals surface area contributed by atoms with Crippen LogP contribution in [-0.4, -0.2) is 23.4 Å². The van der Waals surface area contributed by atoms with Crippen molar-refractivity contribution >= 4 is 0 Å². The standard InChI is InChI=1S/C14H20O3/c1-8-7-12(17-3)9(2)6-11(8)14(16)13(15)10-4-5-10/h6-7,10,13-16H,4-5H2,1-3H3. The molecule has 2 N–H and O–H groups in total. The summed E-state index contributed by atoms with van der Waals surface area (Å²) in [6.07, 6.45) is 0.618. The third kappa shape index (κ3) is 2.45. The Balaban J connectivity index is 2.28. The van der Waals surface area contributed by atoms with E-state index in [0.717, 1.165) is 35.3 Å². The predicted molar refractivity (Wildman–Crippen MR) is 66.2 cm³/mol. The Kier molecular flexibility index (Phi) is 3.40. The molecule has 0 aromatic heterocycles. The van der Waals surface area contributed by atoms with Gasteiger partial charge in [0.1, 0.15) is 11.9 Å². The fourth-order valence-corrected chi connectivity index (χ4v) is 2.23. The van der Waals surface area contributed by atoms with Gasteiger partial charge in [0.15, 0.2) is 0 Å². The van der Waals surface area contributed by atoms with E-state index in [1.807, 2.05) is 26.0 Å². The number of ether oxygens (including phenoxy) is 1. The minimum Gasteiger partial charge on any atom is -0.496 e. The zero-order valence-corrected chi connectivity index (χ0v) is 10.6. The summed E-state index contributed by atoms with van der Waals surface area (Å²) in [7, 11) is 1.64. The van der Waals surface area contributed by atoms with Crippen LogP contribution >= 0.6 is 0 Å². The Morgan fingerprint density at radius 2 is 1.82 bits per heavy atom. The maximum Gasteiger partial charge on any atom is 0.122 e. The van der Waals surface area contributed by atoms with Gasteiger partial charge in [-0.3, -0.25) is 0 Å². The molecule has 0 spiro atoms. The molecule has 2 rings (SSSR count). The van der Waals surface area contributed by atoms with Gasteiger partial charge in [-0.25, -0.2) is 0 Å². The molecule has 0 amide bonds. The summed E-state index contributed by atoms with van der Waals surface area (Å²) in [5, 5.41) is 20.1. The molecule has 1 aromatic rings. The maximum atomic E-state index is 10.2. The van der Waals surface area contributed by atoms with Gasteiger partial charge >= 0.3 is 0 Å². The molecule has 1 saturated carbocycles. The van der Waals surface area contributed by atoms with Gasteiger partial charge in [0, 0.05) is 0 Å². The summed E-state index contributed by atoms with van der Waals surface area (Å²) in [6, 6.07) is 3.82. The first-order valence-corrected chi connectivity index (χ1v) is 6.06. The van der Waals surface area contributed by atoms with Gasteiger partial charge < -0.3 is 14.9 Å². The first-order valence-electron chi connectivity index (χ1n) is 6.06. The smallest absolute Gasteiger partial charge is 0.122 e. The third-order valence-electron chi connectivity index (χ3n) is 3.53. The average Bonchev–Trinajstić information content (AvgIpc) is 3.13. The van der Waals surface area contributed by atoms with Crippen molar-refractivity contribution in [3.63, 3.8) is 0 Å². The third-order valence-corrected chi connectivity index (χ3v) is 3.53. The lowest BCUT2D eigenvalue weighted by atomic mass is 9.95. The zero-order valence-electron chi connectivity index (χ0n) is 10.6. The Bertz CT molecular complexity index is 410. The van der Waals surface area contributed by atoms with Gasteiger partial charge in [0.05, 0.1) is 13.2 Å². The van der Waals surface area contributed by atoms with E-state index in [4.69, 9.17) is 4.74 Å². The Morgan fingerprint density at radius 1 is 1.18 bits per heavy atom. The lowest BCUT2D eigenvalue weighted by Gasteiger charge is -2.21. The van der Waals surface area contributed by atoms with Crippen molar-refractivity contribution < 1.29 is 14.9 Å². The topological polar surface area (TPSA) is 49.7 Å². The molecule has 3 nitrogen and oxygen atoms in total. The quantitative estimate of drug-likeness (QED) is 0.842. The number of benzene rings is 1. The van der Waals surface area contributed by atoms with E-state index in [-0.39, 0.29) is 5.92 Å². The van der Waals surface area contributed by atoms with Crippen LogP contribution < -0.4 is 4.74 Å². The molecule has 0 aliphatic heterocycles. The Labute approximate surface area is 102 Å². The van der Waals surface area contributed by atoms with Crippen molar-refractivity contribution in [2.75, 3.05) is 7.11 Å². The molecule has 0 heterocycles. The first-order chi connectivity index (χ1) is 8.04. The van der Waals surface area contributed by atoms with Crippen molar-refractivity contribution in [3.8, 4) is 5.75 Å². The Hall–Kier alpha value is -1.06. The molecule has 0 bridgehead atoms. The van der Waals surface area contributed by atoms with E-state index in [2.05, 4.69) is 0 Å². The molecule has 0 saturated heterocycles. The van der Waals surface area contributed by atoms with Gasteiger partial charge in [-0.15, -0.1) is 0 Å². The monoisotopic (exact) mass is 236 g/mol. The van der Waals surface area contributed by atoms with Crippen molar-refractivity contribution in [3.05, 3.63) is 28.8 Å². The summed E-state index contributed by atoms with van der Waals surface area (Å²) in [6.45, 7) is 3.87. The summed E-state index contributed by atoms with van der Waals surface area (Å²) in [4.78, 5) is 0. The molecule has 17 heavy (non-hydrogen) atoms. The highest BCUT2D eigenvalue weighted by atomic mass is 16.5. The van der Waals surface area contributed by atoms with Crippen LogP contribution in [0.25, 0.3) is 0 Å². The van der Waals surface area contributed by atoms with Gasteiger partial charge in [0.25, 0.3) is 0 Å². The summed E-state index contributed by atoms with van der Waals surface area (Å²) in [5.41, 5.74) is 2.75. The normalized spacial score (nSPS) is 18.9. The van der Waals surface area contributed by atoms with E-state index in [1.54, 1.807) is 7.11 Å². The van der Waals surface area contributed by atoms with Crippen LogP contribution in [0.1, 0.15) is 35.6 Å². The molecule has 0 radical (unpaired) electrons. The highest BCUT2D eigenvalue weighted by Crippen LogP contribution is 2.39. The van der Waals surface area contributed by atoms with E-state index >= 15 is 0 Å². The fraction of sp³-hybridized carbons (Fsp3) is 0.571. The number of aryl methyl sites for hydroxylation is 2. The summed E-state index contributed by atoms with van der Waals surface area (Å²) in [5.74, 6) is 1.09. The minimum absolute atomic E-state index is 0.270. The SMILES string of the molecule is COc1cc(C)c(C(O)C(O)C2CC2)cc1C. The van der Waals surface area contributed by atoms with Crippen molar-refractivity contribution in [1.82, 2.24) is 0 Å². The molecular formula is C14H20O3. The average molecular weight is 236 g/mol. The molecule has 1 aromatic carbocycles. The lowest BCUT2D eigenvalue weighted by Crippen LogP contribution is -2.21. The molecule has 2 unspecified atom stereocenters. The number of hydrogen-bond donors (Lipinski definition) is 2. The molecule has 3 heteroatoms. The minimum atomic E-state index is -0.785. The molecular weight excluding hydrogens is 216 g/mol. The highest BCUT2D eigenvalue weighted by molar-refractivity contribution is 5.42. The van der Waals surface area contributed by atoms with E-state index in [9.17, 15) is 10.2 Å². The van der Waals surface area contributed by atoms with Crippen LogP contribution in [0, 0.1) is 19.8 Å². The van der Waals surface area contributed by atoms with Crippen LogP contribution in [0.2, 0.25) is 0 Å². The van der Waals surface area contributed by atoms with E-state index < -0.39 is 12.2 Å². The fourth-order valence-electron chi connectivity index (χ4n) is 2.23. The first kappa shape index (κ1) is 12.4. The molecule has 1 aliphatic rings. The molecule has 1 aliphatic carbocycles. The second kappa shape index (κ2) is 4.67. The number of rotatable bonds is 4. The van der Waals surface area contributed by atoms with Crippen LogP contribution in [-0.2, 0) is 0 Å². The molecule has 94 valence electrons. The van der Waals surface area contributed by atoms with Crippen LogP contribution in [0.15, 0.2) is 12.1 Å². The van der Waals surface area contributed by atoms with Gasteiger partial charge in [0.2, 0.25) is 0 Å². The van der Waals surface area contributed by atoms with Crippen molar-refractivity contribution in [2.24, 2.45) is 5.92 Å². The van der Waals surface area contributed by atoms with Gasteiger partial charge in [-0.05, 0) is 61.4 Å². The number of hydrogen-bond acceptors (Lipinski definition) is 3. The van der Waals surface area contributed by atoms with Crippen molar-refractivity contribution in [2.45, 2.75) is 38.9 Å².